The summed E-state index contributed by atoms with van der Waals surface area (Å²) < 4.78 is 43.1. The third kappa shape index (κ3) is 10.3. The number of hydrogen-bond donors (Lipinski definition) is 1. The van der Waals surface area contributed by atoms with Crippen LogP contribution >= 0.6 is 0 Å². The third-order valence-electron chi connectivity index (χ3n) is 10.5. The van der Waals surface area contributed by atoms with Gasteiger partial charge in [-0.3, -0.25) is 4.79 Å². The Morgan fingerprint density at radius 2 is 1.76 bits per heavy atom. The molecule has 2 aliphatic rings. The summed E-state index contributed by atoms with van der Waals surface area (Å²) in [4.78, 5) is 26.7. The first-order valence-electron chi connectivity index (χ1n) is 18.0. The van der Waals surface area contributed by atoms with Crippen LogP contribution in [0.3, 0.4) is 0 Å². The van der Waals surface area contributed by atoms with E-state index >= 15 is 0 Å². The number of carbonyl (C=O) groups excluding carboxylic acids is 2. The molecule has 1 aliphatic heterocycles. The van der Waals surface area contributed by atoms with Gasteiger partial charge in [-0.1, -0.05) is 63.6 Å². The molecule has 0 radical (unpaired) electrons. The lowest BCUT2D eigenvalue weighted by Crippen LogP contribution is -2.55. The topological polar surface area (TPSA) is 119 Å². The van der Waals surface area contributed by atoms with Crippen LogP contribution in [-0.4, -0.2) is 76.4 Å². The van der Waals surface area contributed by atoms with Gasteiger partial charge in [-0.15, -0.1) is 6.58 Å². The fraction of sp³-hybridized carbons (Fsp3) is 0.600. The molecule has 282 valence electrons. The van der Waals surface area contributed by atoms with E-state index in [0.717, 1.165) is 37.7 Å². The van der Waals surface area contributed by atoms with Crippen molar-refractivity contribution >= 4 is 20.1 Å². The number of phenolic OH excluding ortho intramolecular Hbond substituents is 1. The Morgan fingerprint density at radius 3 is 2.37 bits per heavy atom. The molecule has 2 aromatic carbocycles. The monoisotopic (exact) mass is 726 g/mol. The summed E-state index contributed by atoms with van der Waals surface area (Å²) in [5, 5.41) is 10.8. The molecule has 1 aliphatic carbocycles. The number of Topliss-reactive ketones (excluding diaryl/α,β-unsaturated/α-hetero) is 1. The van der Waals surface area contributed by atoms with Gasteiger partial charge in [0.05, 0.1) is 25.9 Å². The Bertz CT molecular complexity index is 1460. The van der Waals surface area contributed by atoms with Crippen LogP contribution in [0.1, 0.15) is 87.7 Å². The van der Waals surface area contributed by atoms with Gasteiger partial charge in [0, 0.05) is 44.8 Å². The SMILES string of the molecule is C=C[C@H](CC(=O)Cc1cc(OCOCc2ccccc2)cc(O)c1C(=O)OC)[C@H](OC)[C@@H](O[Si](C)(C)C(C)(C)C)[C@H]1OC2(CCCCC2)O[C@@H]1C. The summed E-state index contributed by atoms with van der Waals surface area (Å²) in [7, 11) is 0.475. The van der Waals surface area contributed by atoms with Gasteiger partial charge in [0.1, 0.15) is 35.1 Å². The molecule has 1 N–H and O–H groups in total. The maximum absolute atomic E-state index is 13.9. The number of ether oxygens (including phenoxy) is 6. The number of methoxy groups -OCH3 is 2. The second-order valence-corrected chi connectivity index (χ2v) is 20.1. The number of benzene rings is 2. The number of hydrogen-bond acceptors (Lipinski definition) is 10. The van der Waals surface area contributed by atoms with E-state index in [4.69, 9.17) is 32.8 Å². The first-order chi connectivity index (χ1) is 24.1. The molecule has 10 nitrogen and oxygen atoms in total. The number of ketones is 1. The van der Waals surface area contributed by atoms with Gasteiger partial charge in [0.15, 0.2) is 20.9 Å². The van der Waals surface area contributed by atoms with Crippen molar-refractivity contribution in [1.29, 1.82) is 0 Å². The lowest BCUT2D eigenvalue weighted by Gasteiger charge is -2.44. The Labute approximate surface area is 304 Å². The molecule has 0 aromatic heterocycles. The highest BCUT2D eigenvalue weighted by atomic mass is 28.4. The molecule has 51 heavy (non-hydrogen) atoms. The van der Waals surface area contributed by atoms with Crippen LogP contribution in [0.25, 0.3) is 0 Å². The van der Waals surface area contributed by atoms with Crippen molar-refractivity contribution in [2.24, 2.45) is 5.92 Å². The van der Waals surface area contributed by atoms with Crippen LogP contribution in [0, 0.1) is 5.92 Å². The van der Waals surface area contributed by atoms with Crippen LogP contribution < -0.4 is 4.74 Å². The Kier molecular flexibility index (Phi) is 14.1. The summed E-state index contributed by atoms with van der Waals surface area (Å²) in [6.45, 7) is 17.3. The summed E-state index contributed by atoms with van der Waals surface area (Å²) in [5.41, 5.74) is 1.16. The Balaban J connectivity index is 1.56. The molecule has 0 amide bonds. The van der Waals surface area contributed by atoms with Crippen molar-refractivity contribution in [2.45, 2.75) is 128 Å². The van der Waals surface area contributed by atoms with E-state index in [2.05, 4.69) is 40.4 Å². The lowest BCUT2D eigenvalue weighted by molar-refractivity contribution is -0.204. The lowest BCUT2D eigenvalue weighted by atomic mass is 9.87. The van der Waals surface area contributed by atoms with E-state index in [1.807, 2.05) is 37.3 Å². The van der Waals surface area contributed by atoms with Gasteiger partial charge in [0.25, 0.3) is 0 Å². The number of aromatic hydroxyl groups is 1. The van der Waals surface area contributed by atoms with E-state index < -0.39 is 44.3 Å². The van der Waals surface area contributed by atoms with E-state index in [1.165, 1.54) is 13.2 Å². The average molecular weight is 727 g/mol. The molecule has 1 saturated heterocycles. The van der Waals surface area contributed by atoms with Crippen LogP contribution in [0.5, 0.6) is 11.5 Å². The van der Waals surface area contributed by atoms with Crippen molar-refractivity contribution in [1.82, 2.24) is 0 Å². The zero-order valence-corrected chi connectivity index (χ0v) is 32.7. The highest BCUT2D eigenvalue weighted by Gasteiger charge is 2.54. The maximum atomic E-state index is 13.9. The zero-order chi connectivity index (χ0) is 37.4. The van der Waals surface area contributed by atoms with Gasteiger partial charge in [-0.2, -0.15) is 0 Å². The highest BCUT2D eigenvalue weighted by Crippen LogP contribution is 2.45. The summed E-state index contributed by atoms with van der Waals surface area (Å²) in [6.07, 6.45) is 4.72. The second kappa shape index (κ2) is 17.6. The van der Waals surface area contributed by atoms with Crippen molar-refractivity contribution in [3.8, 4) is 11.5 Å². The van der Waals surface area contributed by atoms with E-state index in [0.29, 0.717) is 6.61 Å². The normalized spacial score (nSPS) is 20.8. The summed E-state index contributed by atoms with van der Waals surface area (Å²) in [5.74, 6) is -2.16. The van der Waals surface area contributed by atoms with E-state index in [1.54, 1.807) is 19.3 Å². The predicted molar refractivity (Wildman–Crippen MR) is 197 cm³/mol. The van der Waals surface area contributed by atoms with Gasteiger partial charge in [-0.05, 0) is 55.1 Å². The van der Waals surface area contributed by atoms with Crippen molar-refractivity contribution in [3.63, 3.8) is 0 Å². The standard InChI is InChI=1S/C40H58O10Si/c1-10-29(36(44-6)37(50-51(8,9)39(3,4)5)35-27(2)48-40(49-35)19-15-12-16-20-40)21-31(41)22-30-23-32(24-33(42)34(30)38(43)45-7)47-26-46-25-28-17-13-11-14-18-28/h10-11,13-14,17-18,23-24,27,29,35-37,42H,1,12,15-16,19-22,25-26H2,2-9H3/t27-,29-,35+,36+,37+/m1/s1. The van der Waals surface area contributed by atoms with Crippen LogP contribution in [0.2, 0.25) is 18.1 Å². The van der Waals surface area contributed by atoms with Gasteiger partial charge in [0.2, 0.25) is 0 Å². The van der Waals surface area contributed by atoms with Crippen LogP contribution in [-0.2, 0) is 45.9 Å². The number of carbonyl (C=O) groups is 2. The smallest absolute Gasteiger partial charge is 0.341 e. The molecule has 11 heteroatoms. The number of esters is 1. The van der Waals surface area contributed by atoms with Crippen LogP contribution in [0.15, 0.2) is 55.1 Å². The third-order valence-corrected chi connectivity index (χ3v) is 15.0. The maximum Gasteiger partial charge on any atom is 0.341 e. The van der Waals surface area contributed by atoms with E-state index in [9.17, 15) is 14.7 Å². The molecule has 0 bridgehead atoms. The first-order valence-corrected chi connectivity index (χ1v) is 20.9. The van der Waals surface area contributed by atoms with Crippen LogP contribution in [0.4, 0.5) is 0 Å². The van der Waals surface area contributed by atoms with Crippen molar-refractivity contribution in [3.05, 3.63) is 71.8 Å². The molecule has 2 aromatic rings. The predicted octanol–water partition coefficient (Wildman–Crippen LogP) is 7.91. The molecule has 1 saturated carbocycles. The molecule has 0 unspecified atom stereocenters. The minimum Gasteiger partial charge on any atom is -0.507 e. The number of phenols is 1. The molecule has 1 heterocycles. The molecular weight excluding hydrogens is 669 g/mol. The molecule has 2 fully saturated rings. The van der Waals surface area contributed by atoms with E-state index in [-0.39, 0.29) is 59.2 Å². The summed E-state index contributed by atoms with van der Waals surface area (Å²) in [6, 6.07) is 12.5. The molecular formula is C40H58O10Si. The fourth-order valence-corrected chi connectivity index (χ4v) is 8.07. The molecule has 1 spiro atoms. The molecule has 4 rings (SSSR count). The van der Waals surface area contributed by atoms with Crippen molar-refractivity contribution in [2.75, 3.05) is 21.0 Å². The van der Waals surface area contributed by atoms with Gasteiger partial charge < -0.3 is 38.0 Å². The van der Waals surface area contributed by atoms with Crippen molar-refractivity contribution < 1.29 is 47.5 Å². The average Bonchev–Trinajstić information content (AvgIpc) is 3.39. The quantitative estimate of drug-likeness (QED) is 0.0567. The second-order valence-electron chi connectivity index (χ2n) is 15.3. The minimum atomic E-state index is -2.37. The van der Waals surface area contributed by atoms with Gasteiger partial charge in [-0.25, -0.2) is 4.79 Å². The minimum absolute atomic E-state index is 0.0408. The molecule has 5 atom stereocenters. The van der Waals surface area contributed by atoms with Gasteiger partial charge >= 0.3 is 5.97 Å². The fourth-order valence-electron chi connectivity index (χ4n) is 6.77. The largest absolute Gasteiger partial charge is 0.507 e. The Morgan fingerprint density at radius 1 is 1.08 bits per heavy atom. The number of rotatable bonds is 17. The zero-order valence-electron chi connectivity index (χ0n) is 31.7. The Hall–Kier alpha value is -3.06. The first kappa shape index (κ1) is 40.7. The highest BCUT2D eigenvalue weighted by molar-refractivity contribution is 6.74. The summed E-state index contributed by atoms with van der Waals surface area (Å²) >= 11 is 0.